The molecule has 0 heterocycles. The minimum Gasteiger partial charge on any atom is -0.480 e. The maximum Gasteiger partial charge on any atom is 0.321 e. The number of hydrogen-bond acceptors (Lipinski definition) is 3. The fraction of sp³-hybridized carbons (Fsp3) is 0.176. The highest BCUT2D eigenvalue weighted by Gasteiger charge is 2.18. The fourth-order valence-corrected chi connectivity index (χ4v) is 2.04. The molecular weight excluding hydrogens is 266 g/mol. The van der Waals surface area contributed by atoms with Gasteiger partial charge in [-0.1, -0.05) is 60.7 Å². The third-order valence-corrected chi connectivity index (χ3v) is 3.19. The normalized spacial score (nSPS) is 11.8. The van der Waals surface area contributed by atoms with Crippen LogP contribution >= 0.6 is 0 Å². The maximum atomic E-state index is 12.0. The Bertz CT molecular complexity index is 596. The largest absolute Gasteiger partial charge is 0.480 e. The van der Waals surface area contributed by atoms with Crippen LogP contribution in [0.3, 0.4) is 0 Å². The topological polar surface area (TPSA) is 66.4 Å². The third kappa shape index (κ3) is 4.54. The van der Waals surface area contributed by atoms with Gasteiger partial charge in [0.1, 0.15) is 6.04 Å². The predicted octanol–water partition coefficient (Wildman–Crippen LogP) is 2.15. The Kier molecular flexibility index (Phi) is 5.23. The van der Waals surface area contributed by atoms with Crippen LogP contribution in [0, 0.1) is 0 Å². The number of nitrogens with one attached hydrogen (secondary N) is 1. The molecule has 21 heavy (non-hydrogen) atoms. The van der Waals surface area contributed by atoms with E-state index < -0.39 is 12.0 Å². The Morgan fingerprint density at radius 2 is 1.52 bits per heavy atom. The number of carboxylic acids is 1. The lowest BCUT2D eigenvalue weighted by Crippen LogP contribution is -2.41. The highest BCUT2D eigenvalue weighted by Crippen LogP contribution is 2.04. The molecule has 0 bridgehead atoms. The number of Topliss-reactive ketones (excluding diaryl/α,β-unsaturated/α-hetero) is 1. The zero-order chi connectivity index (χ0) is 15.1. The Hall–Kier alpha value is -2.46. The predicted molar refractivity (Wildman–Crippen MR) is 80.3 cm³/mol. The van der Waals surface area contributed by atoms with Gasteiger partial charge in [-0.25, -0.2) is 0 Å². The van der Waals surface area contributed by atoms with E-state index >= 15 is 0 Å². The van der Waals surface area contributed by atoms with Crippen molar-refractivity contribution in [2.75, 3.05) is 6.54 Å². The molecule has 0 aliphatic carbocycles. The van der Waals surface area contributed by atoms with E-state index in [2.05, 4.69) is 5.32 Å². The second-order valence-electron chi connectivity index (χ2n) is 4.75. The maximum absolute atomic E-state index is 12.0. The number of ketones is 1. The summed E-state index contributed by atoms with van der Waals surface area (Å²) in [5.41, 5.74) is 1.50. The summed E-state index contributed by atoms with van der Waals surface area (Å²) < 4.78 is 0. The Labute approximate surface area is 123 Å². The second-order valence-corrected chi connectivity index (χ2v) is 4.75. The van der Waals surface area contributed by atoms with Gasteiger partial charge in [-0.2, -0.15) is 0 Å². The number of carbonyl (C=O) groups excluding carboxylic acids is 1. The minimum atomic E-state index is -0.959. The smallest absolute Gasteiger partial charge is 0.321 e. The van der Waals surface area contributed by atoms with E-state index in [4.69, 9.17) is 0 Å². The van der Waals surface area contributed by atoms with Crippen LogP contribution in [0.1, 0.15) is 15.9 Å². The molecule has 0 fully saturated rings. The van der Waals surface area contributed by atoms with Crippen molar-refractivity contribution in [3.8, 4) is 0 Å². The Balaban J connectivity index is 1.95. The van der Waals surface area contributed by atoms with E-state index in [0.29, 0.717) is 12.0 Å². The molecular formula is C17H17NO3. The quantitative estimate of drug-likeness (QED) is 0.764. The summed E-state index contributed by atoms with van der Waals surface area (Å²) in [5, 5.41) is 12.1. The molecule has 0 saturated heterocycles. The van der Waals surface area contributed by atoms with E-state index in [1.165, 1.54) is 0 Å². The van der Waals surface area contributed by atoms with Crippen LogP contribution in [0.4, 0.5) is 0 Å². The number of carboxylic acid groups (broad SMARTS) is 1. The zero-order valence-electron chi connectivity index (χ0n) is 11.5. The van der Waals surface area contributed by atoms with Crippen LogP contribution in [-0.4, -0.2) is 29.4 Å². The lowest BCUT2D eigenvalue weighted by Gasteiger charge is -2.14. The molecule has 1 atom stereocenters. The molecule has 2 aromatic carbocycles. The van der Waals surface area contributed by atoms with Crippen LogP contribution in [0.15, 0.2) is 60.7 Å². The standard InChI is InChI=1S/C17H17NO3/c19-16(14-9-5-2-6-10-14)12-18-15(17(20)21)11-13-7-3-1-4-8-13/h1-10,15,18H,11-12H2,(H,20,21). The van der Waals surface area contributed by atoms with Gasteiger partial charge in [-0.15, -0.1) is 0 Å². The van der Waals surface area contributed by atoms with Crippen LogP contribution < -0.4 is 5.32 Å². The van der Waals surface area contributed by atoms with Gasteiger partial charge in [-0.05, 0) is 12.0 Å². The molecule has 0 radical (unpaired) electrons. The summed E-state index contributed by atoms with van der Waals surface area (Å²) >= 11 is 0. The van der Waals surface area contributed by atoms with E-state index in [9.17, 15) is 14.7 Å². The van der Waals surface area contributed by atoms with Crippen LogP contribution in [0.2, 0.25) is 0 Å². The van der Waals surface area contributed by atoms with Crippen LogP contribution in [0.5, 0.6) is 0 Å². The summed E-state index contributed by atoms with van der Waals surface area (Å²) in [5.74, 6) is -1.07. The molecule has 2 aromatic rings. The van der Waals surface area contributed by atoms with E-state index in [1.54, 1.807) is 24.3 Å². The van der Waals surface area contributed by atoms with Gasteiger partial charge in [0.2, 0.25) is 0 Å². The average molecular weight is 283 g/mol. The minimum absolute atomic E-state index is 0.00775. The summed E-state index contributed by atoms with van der Waals surface area (Å²) in [6.07, 6.45) is 0.345. The lowest BCUT2D eigenvalue weighted by molar-refractivity contribution is -0.139. The molecule has 0 amide bonds. The molecule has 2 N–H and O–H groups in total. The first kappa shape index (κ1) is 14.9. The number of benzene rings is 2. The van der Waals surface area contributed by atoms with E-state index in [0.717, 1.165) is 5.56 Å². The lowest BCUT2D eigenvalue weighted by atomic mass is 10.1. The summed E-state index contributed by atoms with van der Waals surface area (Å²) in [6, 6.07) is 17.4. The molecule has 1 unspecified atom stereocenters. The number of aliphatic carboxylic acids is 1. The molecule has 4 heteroatoms. The van der Waals surface area contributed by atoms with Gasteiger partial charge in [-0.3, -0.25) is 14.9 Å². The van der Waals surface area contributed by atoms with Gasteiger partial charge >= 0.3 is 5.97 Å². The van der Waals surface area contributed by atoms with Gasteiger partial charge in [0, 0.05) is 5.56 Å². The van der Waals surface area contributed by atoms with Crippen molar-refractivity contribution in [2.45, 2.75) is 12.5 Å². The number of carbonyl (C=O) groups is 2. The van der Waals surface area contributed by atoms with E-state index in [-0.39, 0.29) is 12.3 Å². The highest BCUT2D eigenvalue weighted by atomic mass is 16.4. The first-order valence-electron chi connectivity index (χ1n) is 6.75. The van der Waals surface area contributed by atoms with Crippen molar-refractivity contribution in [3.63, 3.8) is 0 Å². The SMILES string of the molecule is O=C(CNC(Cc1ccccc1)C(=O)O)c1ccccc1. The second kappa shape index (κ2) is 7.36. The van der Waals surface area contributed by atoms with E-state index in [1.807, 2.05) is 36.4 Å². The first-order chi connectivity index (χ1) is 10.2. The van der Waals surface area contributed by atoms with Crippen molar-refractivity contribution in [1.29, 1.82) is 0 Å². The van der Waals surface area contributed by atoms with Gasteiger partial charge in [0.05, 0.1) is 6.54 Å². The average Bonchev–Trinajstić information content (AvgIpc) is 2.52. The first-order valence-corrected chi connectivity index (χ1v) is 6.75. The summed E-state index contributed by atoms with van der Waals surface area (Å²) in [4.78, 5) is 23.2. The molecule has 2 rings (SSSR count). The molecule has 0 spiro atoms. The molecule has 0 saturated carbocycles. The molecule has 0 aliphatic rings. The molecule has 0 aliphatic heterocycles. The molecule has 4 nitrogen and oxygen atoms in total. The highest BCUT2D eigenvalue weighted by molar-refractivity contribution is 5.97. The Morgan fingerprint density at radius 1 is 0.952 bits per heavy atom. The van der Waals surface area contributed by atoms with Gasteiger partial charge in [0.15, 0.2) is 5.78 Å². The fourth-order valence-electron chi connectivity index (χ4n) is 2.04. The number of rotatable bonds is 7. The van der Waals surface area contributed by atoms with Crippen LogP contribution in [0.25, 0.3) is 0 Å². The Morgan fingerprint density at radius 3 is 2.10 bits per heavy atom. The number of hydrogen-bond donors (Lipinski definition) is 2. The van der Waals surface area contributed by atoms with Gasteiger partial charge in [0.25, 0.3) is 0 Å². The molecule has 108 valence electrons. The summed E-state index contributed by atoms with van der Waals surface area (Å²) in [7, 11) is 0. The molecule has 0 aromatic heterocycles. The van der Waals surface area contributed by atoms with Crippen molar-refractivity contribution >= 4 is 11.8 Å². The summed E-state index contributed by atoms with van der Waals surface area (Å²) in [6.45, 7) is 0.00775. The monoisotopic (exact) mass is 283 g/mol. The van der Waals surface area contributed by atoms with Crippen molar-refractivity contribution in [2.24, 2.45) is 0 Å². The van der Waals surface area contributed by atoms with Crippen molar-refractivity contribution in [1.82, 2.24) is 5.32 Å². The van der Waals surface area contributed by atoms with Crippen LogP contribution in [-0.2, 0) is 11.2 Å². The van der Waals surface area contributed by atoms with Crippen molar-refractivity contribution in [3.05, 3.63) is 71.8 Å². The van der Waals surface area contributed by atoms with Crippen molar-refractivity contribution < 1.29 is 14.7 Å². The third-order valence-electron chi connectivity index (χ3n) is 3.19. The van der Waals surface area contributed by atoms with Gasteiger partial charge < -0.3 is 5.11 Å². The zero-order valence-corrected chi connectivity index (χ0v) is 11.5.